The largest absolute Gasteiger partial charge is 0.300 e. The van der Waals surface area contributed by atoms with Crippen molar-refractivity contribution in [3.05, 3.63) is 0 Å². The first-order valence-corrected chi connectivity index (χ1v) is 10.6. The molecule has 0 aromatic rings. The zero-order chi connectivity index (χ0) is 15.6. The summed E-state index contributed by atoms with van der Waals surface area (Å²) >= 11 is 0. The van der Waals surface area contributed by atoms with E-state index in [4.69, 9.17) is 0 Å². The quantitative estimate of drug-likeness (QED) is 0.444. The van der Waals surface area contributed by atoms with Gasteiger partial charge in [-0.15, -0.1) is 0 Å². The maximum absolute atomic E-state index is 2.86. The highest BCUT2D eigenvalue weighted by atomic mass is 15.2. The van der Waals surface area contributed by atoms with Crippen molar-refractivity contribution in [2.75, 3.05) is 13.1 Å². The van der Waals surface area contributed by atoms with Crippen LogP contribution in [0.4, 0.5) is 0 Å². The topological polar surface area (TPSA) is 3.24 Å². The van der Waals surface area contributed by atoms with Gasteiger partial charge < -0.3 is 4.90 Å². The van der Waals surface area contributed by atoms with Gasteiger partial charge in [0.05, 0.1) is 0 Å². The van der Waals surface area contributed by atoms with Gasteiger partial charge >= 0.3 is 0 Å². The van der Waals surface area contributed by atoms with Crippen molar-refractivity contribution in [2.45, 2.75) is 110 Å². The zero-order valence-electron chi connectivity index (χ0n) is 15.5. The first-order valence-electron chi connectivity index (χ1n) is 10.6. The lowest BCUT2D eigenvalue weighted by molar-refractivity contribution is 0.0901. The first-order chi connectivity index (χ1) is 10.8. The highest BCUT2D eigenvalue weighted by Gasteiger charge is 2.28. The Morgan fingerprint density at radius 2 is 1.14 bits per heavy atom. The fourth-order valence-corrected chi connectivity index (χ4v) is 4.77. The molecule has 0 spiro atoms. The minimum Gasteiger partial charge on any atom is -0.300 e. The molecule has 1 aliphatic carbocycles. The maximum Gasteiger partial charge on any atom is 0.00954 e. The molecule has 22 heavy (non-hydrogen) atoms. The number of rotatable bonds is 9. The van der Waals surface area contributed by atoms with E-state index in [2.05, 4.69) is 18.7 Å². The third-order valence-corrected chi connectivity index (χ3v) is 6.41. The molecule has 1 saturated heterocycles. The molecule has 0 amide bonds. The molecule has 1 heterocycles. The van der Waals surface area contributed by atoms with Crippen molar-refractivity contribution in [1.29, 1.82) is 0 Å². The van der Waals surface area contributed by atoms with Crippen molar-refractivity contribution < 1.29 is 0 Å². The van der Waals surface area contributed by atoms with E-state index >= 15 is 0 Å². The van der Waals surface area contributed by atoms with Crippen LogP contribution in [0.3, 0.4) is 0 Å². The van der Waals surface area contributed by atoms with Crippen molar-refractivity contribution in [3.63, 3.8) is 0 Å². The van der Waals surface area contributed by atoms with Crippen LogP contribution in [0.25, 0.3) is 0 Å². The molecule has 130 valence electrons. The molecule has 0 N–H and O–H groups in total. The number of nitrogens with zero attached hydrogens (tertiary/aromatic N) is 1. The van der Waals surface area contributed by atoms with E-state index in [1.165, 1.54) is 103 Å². The van der Waals surface area contributed by atoms with E-state index < -0.39 is 0 Å². The monoisotopic (exact) mass is 307 g/mol. The number of piperidine rings is 1. The summed E-state index contributed by atoms with van der Waals surface area (Å²) in [5, 5.41) is 0. The molecule has 0 bridgehead atoms. The molecule has 0 unspecified atom stereocenters. The summed E-state index contributed by atoms with van der Waals surface area (Å²) in [6.45, 7) is 7.45. The van der Waals surface area contributed by atoms with Crippen molar-refractivity contribution in [2.24, 2.45) is 11.8 Å². The normalized spacial score (nSPS) is 28.1. The van der Waals surface area contributed by atoms with E-state index in [1.807, 2.05) is 0 Å². The van der Waals surface area contributed by atoms with E-state index in [0.29, 0.717) is 0 Å². The Bertz CT molecular complexity index is 231. The Labute approximate surface area is 140 Å². The Morgan fingerprint density at radius 3 is 1.64 bits per heavy atom. The lowest BCUT2D eigenvalue weighted by Gasteiger charge is -2.41. The second kappa shape index (κ2) is 10.7. The molecule has 1 heteroatoms. The Morgan fingerprint density at radius 1 is 0.636 bits per heavy atom. The van der Waals surface area contributed by atoms with Gasteiger partial charge in [0.1, 0.15) is 0 Å². The predicted molar refractivity (Wildman–Crippen MR) is 98.3 cm³/mol. The number of unbranched alkanes of at least 4 members (excludes halogenated alkanes) is 4. The zero-order valence-corrected chi connectivity index (χ0v) is 15.5. The lowest BCUT2D eigenvalue weighted by Crippen LogP contribution is -2.43. The first kappa shape index (κ1) is 18.3. The average molecular weight is 308 g/mol. The lowest BCUT2D eigenvalue weighted by atomic mass is 9.81. The van der Waals surface area contributed by atoms with Crippen LogP contribution in [-0.4, -0.2) is 24.0 Å². The van der Waals surface area contributed by atoms with E-state index in [-0.39, 0.29) is 0 Å². The van der Waals surface area contributed by atoms with Gasteiger partial charge in [0.15, 0.2) is 0 Å². The van der Waals surface area contributed by atoms with Gasteiger partial charge in [0.25, 0.3) is 0 Å². The summed E-state index contributed by atoms with van der Waals surface area (Å²) in [6, 6.07) is 0.944. The Hall–Kier alpha value is -0.0400. The second-order valence-corrected chi connectivity index (χ2v) is 8.15. The summed E-state index contributed by atoms with van der Waals surface area (Å²) in [5.41, 5.74) is 0. The SMILES string of the molecule is CCCCCC1CCN([C@H]2CC[C@H](CCCCC)CC2)CC1. The van der Waals surface area contributed by atoms with Crippen LogP contribution in [0.5, 0.6) is 0 Å². The fraction of sp³-hybridized carbons (Fsp3) is 1.00. The molecule has 0 aromatic carbocycles. The van der Waals surface area contributed by atoms with E-state index in [9.17, 15) is 0 Å². The number of likely N-dealkylation sites (tertiary alicyclic amines) is 1. The predicted octanol–water partition coefficient (Wildman–Crippen LogP) is 6.42. The van der Waals surface area contributed by atoms with Crippen LogP contribution in [0, 0.1) is 11.8 Å². The Kier molecular flexibility index (Phi) is 8.89. The molecular formula is C21H41N. The number of hydrogen-bond acceptors (Lipinski definition) is 1. The summed E-state index contributed by atoms with van der Waals surface area (Å²) in [6.07, 6.45) is 20.6. The highest BCUT2D eigenvalue weighted by molar-refractivity contribution is 4.83. The fourth-order valence-electron chi connectivity index (χ4n) is 4.77. The number of hydrogen-bond donors (Lipinski definition) is 0. The summed E-state index contributed by atoms with van der Waals surface area (Å²) in [5.74, 6) is 2.11. The maximum atomic E-state index is 2.86. The van der Waals surface area contributed by atoms with Gasteiger partial charge in [-0.05, 0) is 63.5 Å². The molecule has 1 nitrogen and oxygen atoms in total. The average Bonchev–Trinajstić information content (AvgIpc) is 2.57. The minimum absolute atomic E-state index is 0.944. The third kappa shape index (κ3) is 6.22. The smallest absolute Gasteiger partial charge is 0.00954 e. The van der Waals surface area contributed by atoms with Crippen LogP contribution in [0.2, 0.25) is 0 Å². The third-order valence-electron chi connectivity index (χ3n) is 6.41. The van der Waals surface area contributed by atoms with Crippen molar-refractivity contribution in [3.8, 4) is 0 Å². The highest BCUT2D eigenvalue weighted by Crippen LogP contribution is 2.33. The van der Waals surface area contributed by atoms with Gasteiger partial charge in [-0.2, -0.15) is 0 Å². The van der Waals surface area contributed by atoms with Crippen molar-refractivity contribution >= 4 is 0 Å². The molecular weight excluding hydrogens is 266 g/mol. The summed E-state index contributed by atoms with van der Waals surface area (Å²) in [4.78, 5) is 2.86. The summed E-state index contributed by atoms with van der Waals surface area (Å²) < 4.78 is 0. The van der Waals surface area contributed by atoms with E-state index in [1.54, 1.807) is 0 Å². The molecule has 1 saturated carbocycles. The molecule has 2 aliphatic rings. The molecule has 2 fully saturated rings. The standard InChI is InChI=1S/C21H41N/c1-3-5-7-9-19-11-13-21(14-12-19)22-17-15-20(16-18-22)10-8-6-4-2/h19-21H,3-18H2,1-2H3/t19-,21-. The molecule has 2 rings (SSSR count). The van der Waals surface area contributed by atoms with Gasteiger partial charge in [0, 0.05) is 6.04 Å². The molecule has 0 radical (unpaired) electrons. The van der Waals surface area contributed by atoms with Crippen LogP contribution < -0.4 is 0 Å². The Balaban J connectivity index is 1.58. The van der Waals surface area contributed by atoms with Gasteiger partial charge in [0.2, 0.25) is 0 Å². The molecule has 1 aliphatic heterocycles. The minimum atomic E-state index is 0.944. The van der Waals surface area contributed by atoms with Crippen LogP contribution in [-0.2, 0) is 0 Å². The van der Waals surface area contributed by atoms with E-state index in [0.717, 1.165) is 17.9 Å². The van der Waals surface area contributed by atoms with Gasteiger partial charge in [-0.3, -0.25) is 0 Å². The van der Waals surface area contributed by atoms with Crippen LogP contribution in [0.1, 0.15) is 104 Å². The van der Waals surface area contributed by atoms with Gasteiger partial charge in [-0.1, -0.05) is 65.2 Å². The van der Waals surface area contributed by atoms with Crippen LogP contribution >= 0.6 is 0 Å². The van der Waals surface area contributed by atoms with Crippen molar-refractivity contribution in [1.82, 2.24) is 4.90 Å². The van der Waals surface area contributed by atoms with Crippen LogP contribution in [0.15, 0.2) is 0 Å². The second-order valence-electron chi connectivity index (χ2n) is 8.15. The van der Waals surface area contributed by atoms with Gasteiger partial charge in [-0.25, -0.2) is 0 Å². The summed E-state index contributed by atoms with van der Waals surface area (Å²) in [7, 11) is 0. The molecule has 0 aromatic heterocycles. The molecule has 0 atom stereocenters.